The predicted octanol–water partition coefficient (Wildman–Crippen LogP) is 2.68. The minimum Gasteiger partial charge on any atom is -0.312 e. The van der Waals surface area contributed by atoms with E-state index < -0.39 is 10.0 Å². The Morgan fingerprint density at radius 2 is 2.24 bits per heavy atom. The maximum atomic E-state index is 12.9. The van der Waals surface area contributed by atoms with Gasteiger partial charge in [-0.25, -0.2) is 8.42 Å². The molecule has 7 heteroatoms. The monoisotopic (exact) mass is 348 g/mol. The summed E-state index contributed by atoms with van der Waals surface area (Å²) in [6, 6.07) is 1.93. The topological polar surface area (TPSA) is 49.4 Å². The van der Waals surface area contributed by atoms with Crippen LogP contribution in [0, 0.1) is 6.92 Å². The molecular weight excluding hydrogens is 324 g/mol. The molecule has 1 aromatic heterocycles. The highest BCUT2D eigenvalue weighted by Crippen LogP contribution is 2.31. The van der Waals surface area contributed by atoms with Crippen molar-refractivity contribution in [3.63, 3.8) is 0 Å². The van der Waals surface area contributed by atoms with Crippen LogP contribution in [0.5, 0.6) is 0 Å². The van der Waals surface area contributed by atoms with E-state index in [9.17, 15) is 8.42 Å². The SMILES string of the molecule is CCCNCc1cc(S(=O)(=O)N2CCSCC2C)c(C)s1. The Bertz CT molecular complexity index is 569. The maximum Gasteiger partial charge on any atom is 0.244 e. The van der Waals surface area contributed by atoms with Gasteiger partial charge in [-0.15, -0.1) is 11.3 Å². The summed E-state index contributed by atoms with van der Waals surface area (Å²) in [6.45, 7) is 8.35. The number of nitrogens with zero attached hydrogens (tertiary/aromatic N) is 1. The first kappa shape index (κ1) is 17.3. The van der Waals surface area contributed by atoms with Crippen LogP contribution >= 0.6 is 23.1 Å². The number of thiophene rings is 1. The third kappa shape index (κ3) is 4.01. The van der Waals surface area contributed by atoms with Crippen molar-refractivity contribution in [2.24, 2.45) is 0 Å². The van der Waals surface area contributed by atoms with Crippen LogP contribution in [0.2, 0.25) is 0 Å². The number of sulfonamides is 1. The van der Waals surface area contributed by atoms with Crippen molar-refractivity contribution in [2.45, 2.75) is 44.7 Å². The molecule has 0 amide bonds. The van der Waals surface area contributed by atoms with Gasteiger partial charge in [0.1, 0.15) is 0 Å². The molecule has 0 aliphatic carbocycles. The highest BCUT2D eigenvalue weighted by Gasteiger charge is 2.33. The van der Waals surface area contributed by atoms with Crippen LogP contribution in [0.4, 0.5) is 0 Å². The molecule has 2 rings (SSSR count). The molecule has 1 N–H and O–H groups in total. The lowest BCUT2D eigenvalue weighted by Crippen LogP contribution is -2.44. The van der Waals surface area contributed by atoms with Crippen molar-refractivity contribution < 1.29 is 8.42 Å². The molecule has 0 aromatic carbocycles. The van der Waals surface area contributed by atoms with E-state index in [4.69, 9.17) is 0 Å². The summed E-state index contributed by atoms with van der Waals surface area (Å²) >= 11 is 3.41. The molecule has 1 saturated heterocycles. The first-order valence-corrected chi connectivity index (χ1v) is 10.8. The summed E-state index contributed by atoms with van der Waals surface area (Å²) in [5.41, 5.74) is 0. The third-order valence-corrected chi connectivity index (χ3v) is 8.05. The molecular formula is C14H24N2O2S3. The largest absolute Gasteiger partial charge is 0.312 e. The average Bonchev–Trinajstić information content (AvgIpc) is 2.81. The minimum atomic E-state index is -3.35. The van der Waals surface area contributed by atoms with Crippen LogP contribution in [-0.4, -0.2) is 43.4 Å². The summed E-state index contributed by atoms with van der Waals surface area (Å²) in [4.78, 5) is 2.49. The maximum absolute atomic E-state index is 12.9. The second kappa shape index (κ2) is 7.46. The molecule has 0 spiro atoms. The van der Waals surface area contributed by atoms with Gasteiger partial charge >= 0.3 is 0 Å². The predicted molar refractivity (Wildman–Crippen MR) is 91.7 cm³/mol. The Labute approximate surface area is 136 Å². The Kier molecular flexibility index (Phi) is 6.14. The first-order chi connectivity index (χ1) is 9.96. The van der Waals surface area contributed by atoms with Gasteiger partial charge in [-0.3, -0.25) is 0 Å². The molecule has 1 atom stereocenters. The molecule has 1 unspecified atom stereocenters. The molecule has 1 aliphatic rings. The minimum absolute atomic E-state index is 0.0784. The zero-order chi connectivity index (χ0) is 15.5. The van der Waals surface area contributed by atoms with Crippen LogP contribution in [0.1, 0.15) is 30.0 Å². The van der Waals surface area contributed by atoms with Crippen LogP contribution in [0.15, 0.2) is 11.0 Å². The van der Waals surface area contributed by atoms with E-state index in [1.807, 2.05) is 31.7 Å². The average molecular weight is 349 g/mol. The fourth-order valence-corrected chi connectivity index (χ4v) is 6.88. The second-order valence-corrected chi connectivity index (χ2v) is 9.70. The van der Waals surface area contributed by atoms with E-state index >= 15 is 0 Å². The lowest BCUT2D eigenvalue weighted by molar-refractivity contribution is 0.367. The first-order valence-electron chi connectivity index (χ1n) is 7.36. The normalized spacial score (nSPS) is 20.8. The van der Waals surface area contributed by atoms with Gasteiger partial charge < -0.3 is 5.32 Å². The zero-order valence-corrected chi connectivity index (χ0v) is 15.3. The molecule has 0 bridgehead atoms. The van der Waals surface area contributed by atoms with Crippen molar-refractivity contribution >= 4 is 33.1 Å². The van der Waals surface area contributed by atoms with Gasteiger partial charge in [0.05, 0.1) is 4.90 Å². The quantitative estimate of drug-likeness (QED) is 0.803. The molecule has 1 aromatic rings. The Morgan fingerprint density at radius 1 is 1.48 bits per heavy atom. The van der Waals surface area contributed by atoms with Gasteiger partial charge in [0.15, 0.2) is 0 Å². The van der Waals surface area contributed by atoms with Crippen LogP contribution in [0.25, 0.3) is 0 Å². The van der Waals surface area contributed by atoms with Crippen LogP contribution < -0.4 is 5.32 Å². The summed E-state index contributed by atoms with van der Waals surface area (Å²) in [7, 11) is -3.35. The lowest BCUT2D eigenvalue weighted by atomic mass is 10.4. The molecule has 120 valence electrons. The summed E-state index contributed by atoms with van der Waals surface area (Å²) < 4.78 is 27.4. The van der Waals surface area contributed by atoms with E-state index in [0.29, 0.717) is 11.4 Å². The molecule has 0 radical (unpaired) electrons. The van der Waals surface area contributed by atoms with E-state index in [1.54, 1.807) is 15.6 Å². The molecule has 1 aliphatic heterocycles. The zero-order valence-electron chi connectivity index (χ0n) is 12.9. The number of aryl methyl sites for hydroxylation is 1. The van der Waals surface area contributed by atoms with E-state index in [1.165, 1.54) is 0 Å². The number of nitrogens with one attached hydrogen (secondary N) is 1. The fourth-order valence-electron chi connectivity index (χ4n) is 2.45. The van der Waals surface area contributed by atoms with Crippen molar-refractivity contribution in [3.8, 4) is 0 Å². The van der Waals surface area contributed by atoms with Crippen LogP contribution in [0.3, 0.4) is 0 Å². The van der Waals surface area contributed by atoms with Gasteiger partial charge in [0.2, 0.25) is 10.0 Å². The third-order valence-electron chi connectivity index (χ3n) is 3.54. The molecule has 21 heavy (non-hydrogen) atoms. The van der Waals surface area contributed by atoms with Gasteiger partial charge in [-0.2, -0.15) is 16.1 Å². The number of thioether (sulfide) groups is 1. The Balaban J connectivity index is 2.19. The van der Waals surface area contributed by atoms with Gasteiger partial charge in [-0.1, -0.05) is 6.92 Å². The van der Waals surface area contributed by atoms with Gasteiger partial charge in [-0.05, 0) is 32.9 Å². The summed E-state index contributed by atoms with van der Waals surface area (Å²) in [5, 5.41) is 3.33. The molecule has 0 saturated carbocycles. The number of rotatable bonds is 6. The van der Waals surface area contributed by atoms with Crippen molar-refractivity contribution in [1.29, 1.82) is 0 Å². The van der Waals surface area contributed by atoms with E-state index in [0.717, 1.165) is 40.8 Å². The molecule has 1 fully saturated rings. The smallest absolute Gasteiger partial charge is 0.244 e. The summed E-state index contributed by atoms with van der Waals surface area (Å²) in [5.74, 6) is 1.77. The van der Waals surface area contributed by atoms with Crippen molar-refractivity contribution in [3.05, 3.63) is 15.8 Å². The highest BCUT2D eigenvalue weighted by atomic mass is 32.2. The van der Waals surface area contributed by atoms with Gasteiger partial charge in [0.25, 0.3) is 0 Å². The van der Waals surface area contributed by atoms with Gasteiger partial charge in [0, 0.05) is 40.4 Å². The molecule has 2 heterocycles. The van der Waals surface area contributed by atoms with Crippen molar-refractivity contribution in [2.75, 3.05) is 24.6 Å². The van der Waals surface area contributed by atoms with E-state index in [-0.39, 0.29) is 6.04 Å². The standard InChI is InChI=1S/C14H24N2O2S3/c1-4-5-15-9-13-8-14(12(3)20-13)21(17,18)16-6-7-19-10-11(16)2/h8,11,15H,4-7,9-10H2,1-3H3. The Hall–Kier alpha value is -0.0800. The van der Waals surface area contributed by atoms with E-state index in [2.05, 4.69) is 12.2 Å². The lowest BCUT2D eigenvalue weighted by Gasteiger charge is -2.31. The van der Waals surface area contributed by atoms with Crippen molar-refractivity contribution in [1.82, 2.24) is 9.62 Å². The highest BCUT2D eigenvalue weighted by molar-refractivity contribution is 7.99. The molecule has 4 nitrogen and oxygen atoms in total. The number of hydrogen-bond acceptors (Lipinski definition) is 5. The fraction of sp³-hybridized carbons (Fsp3) is 0.714. The second-order valence-electron chi connectivity index (χ2n) is 5.35. The Morgan fingerprint density at radius 3 is 2.90 bits per heavy atom. The summed E-state index contributed by atoms with van der Waals surface area (Å²) in [6.07, 6.45) is 1.08. The number of hydrogen-bond donors (Lipinski definition) is 1. The van der Waals surface area contributed by atoms with Crippen LogP contribution in [-0.2, 0) is 16.6 Å².